The zero-order valence-electron chi connectivity index (χ0n) is 14.8. The molecule has 1 aliphatic rings. The van der Waals surface area contributed by atoms with Gasteiger partial charge in [-0.3, -0.25) is 0 Å². The van der Waals surface area contributed by atoms with Gasteiger partial charge < -0.3 is 5.11 Å². The van der Waals surface area contributed by atoms with E-state index in [0.29, 0.717) is 12.4 Å². The van der Waals surface area contributed by atoms with Crippen LogP contribution in [0.3, 0.4) is 0 Å². The van der Waals surface area contributed by atoms with Gasteiger partial charge in [0.1, 0.15) is 0 Å². The Morgan fingerprint density at radius 3 is 2.08 bits per heavy atom. The molecular formula is C21H20N4O. The molecule has 0 aliphatic carbocycles. The van der Waals surface area contributed by atoms with Crippen LogP contribution in [0.4, 0.5) is 5.95 Å². The molecule has 5 nitrogen and oxygen atoms in total. The molecule has 0 saturated heterocycles. The summed E-state index contributed by atoms with van der Waals surface area (Å²) in [4.78, 5) is 9.03. The quantitative estimate of drug-likeness (QED) is 0.789. The van der Waals surface area contributed by atoms with Crippen molar-refractivity contribution < 1.29 is 5.11 Å². The second kappa shape index (κ2) is 6.35. The van der Waals surface area contributed by atoms with Crippen molar-refractivity contribution >= 4 is 11.7 Å². The van der Waals surface area contributed by atoms with E-state index in [1.54, 1.807) is 5.01 Å². The van der Waals surface area contributed by atoms with Gasteiger partial charge in [-0.25, -0.2) is 9.97 Å². The van der Waals surface area contributed by atoms with Gasteiger partial charge in [-0.2, -0.15) is 10.1 Å². The van der Waals surface area contributed by atoms with E-state index in [1.165, 1.54) is 0 Å². The predicted molar refractivity (Wildman–Crippen MR) is 102 cm³/mol. The Hall–Kier alpha value is -3.05. The van der Waals surface area contributed by atoms with Gasteiger partial charge in [0.15, 0.2) is 5.72 Å². The Morgan fingerprint density at radius 1 is 0.885 bits per heavy atom. The van der Waals surface area contributed by atoms with Gasteiger partial charge in [-0.15, -0.1) is 0 Å². The van der Waals surface area contributed by atoms with E-state index in [1.807, 2.05) is 80.6 Å². The van der Waals surface area contributed by atoms with Crippen molar-refractivity contribution in [1.29, 1.82) is 0 Å². The molecule has 26 heavy (non-hydrogen) atoms. The summed E-state index contributed by atoms with van der Waals surface area (Å²) in [7, 11) is 0. The molecular weight excluding hydrogens is 324 g/mol. The van der Waals surface area contributed by atoms with Crippen molar-refractivity contribution in [1.82, 2.24) is 9.97 Å². The van der Waals surface area contributed by atoms with Gasteiger partial charge in [0.25, 0.3) is 0 Å². The third kappa shape index (κ3) is 2.86. The molecule has 2 aromatic carbocycles. The van der Waals surface area contributed by atoms with Crippen LogP contribution in [0.25, 0.3) is 0 Å². The zero-order valence-corrected chi connectivity index (χ0v) is 14.8. The van der Waals surface area contributed by atoms with Gasteiger partial charge in [0, 0.05) is 23.4 Å². The predicted octanol–water partition coefficient (Wildman–Crippen LogP) is 3.55. The molecule has 1 aromatic heterocycles. The summed E-state index contributed by atoms with van der Waals surface area (Å²) in [5.41, 5.74) is 2.90. The zero-order chi connectivity index (χ0) is 18.1. The number of hydrogen-bond donors (Lipinski definition) is 1. The number of nitrogens with zero attached hydrogens (tertiary/aromatic N) is 4. The average Bonchev–Trinajstić information content (AvgIpc) is 3.01. The molecule has 0 amide bonds. The molecule has 4 rings (SSSR count). The molecule has 130 valence electrons. The number of benzene rings is 2. The van der Waals surface area contributed by atoms with Crippen LogP contribution >= 0.6 is 0 Å². The van der Waals surface area contributed by atoms with Crippen LogP contribution in [0.2, 0.25) is 0 Å². The summed E-state index contributed by atoms with van der Waals surface area (Å²) in [5, 5.41) is 17.9. The second-order valence-electron chi connectivity index (χ2n) is 6.53. The maximum atomic E-state index is 11.6. The van der Waals surface area contributed by atoms with Gasteiger partial charge in [0.05, 0.1) is 5.71 Å². The van der Waals surface area contributed by atoms with E-state index in [-0.39, 0.29) is 0 Å². The maximum absolute atomic E-state index is 11.6. The minimum Gasteiger partial charge on any atom is -0.365 e. The first-order valence-electron chi connectivity index (χ1n) is 8.59. The fourth-order valence-corrected chi connectivity index (χ4v) is 3.28. The van der Waals surface area contributed by atoms with Crippen molar-refractivity contribution in [2.24, 2.45) is 5.10 Å². The van der Waals surface area contributed by atoms with Crippen LogP contribution in [-0.4, -0.2) is 20.8 Å². The molecule has 2 heterocycles. The van der Waals surface area contributed by atoms with Crippen LogP contribution < -0.4 is 5.01 Å². The molecule has 5 heteroatoms. The molecule has 0 fully saturated rings. The second-order valence-corrected chi connectivity index (χ2v) is 6.53. The lowest BCUT2D eigenvalue weighted by Crippen LogP contribution is -2.41. The Kier molecular flexibility index (Phi) is 4.01. The molecule has 3 aromatic rings. The normalized spacial score (nSPS) is 19.5. The smallest absolute Gasteiger partial charge is 0.249 e. The van der Waals surface area contributed by atoms with E-state index in [4.69, 9.17) is 5.10 Å². The lowest BCUT2D eigenvalue weighted by atomic mass is 9.95. The number of aryl methyl sites for hydroxylation is 2. The molecule has 0 saturated carbocycles. The van der Waals surface area contributed by atoms with Gasteiger partial charge in [-0.05, 0) is 25.5 Å². The summed E-state index contributed by atoms with van der Waals surface area (Å²) >= 11 is 0. The number of hydrogen-bond acceptors (Lipinski definition) is 5. The first-order chi connectivity index (χ1) is 12.6. The minimum absolute atomic E-state index is 0.359. The number of rotatable bonds is 3. The number of aromatic nitrogens is 2. The highest BCUT2D eigenvalue weighted by atomic mass is 16.3. The summed E-state index contributed by atoms with van der Waals surface area (Å²) < 4.78 is 0. The van der Waals surface area contributed by atoms with Crippen LogP contribution in [0.1, 0.15) is 28.9 Å². The fourth-order valence-electron chi connectivity index (χ4n) is 3.28. The summed E-state index contributed by atoms with van der Waals surface area (Å²) in [6.45, 7) is 3.83. The fraction of sp³-hybridized carbons (Fsp3) is 0.190. The average molecular weight is 344 g/mol. The van der Waals surface area contributed by atoms with E-state index < -0.39 is 5.72 Å². The van der Waals surface area contributed by atoms with Crippen LogP contribution in [-0.2, 0) is 5.72 Å². The first kappa shape index (κ1) is 16.4. The Morgan fingerprint density at radius 2 is 1.46 bits per heavy atom. The monoisotopic (exact) mass is 344 g/mol. The Labute approximate surface area is 152 Å². The highest BCUT2D eigenvalue weighted by molar-refractivity contribution is 6.03. The summed E-state index contributed by atoms with van der Waals surface area (Å²) in [5.74, 6) is 0.403. The lowest BCUT2D eigenvalue weighted by molar-refractivity contribution is 0.0479. The van der Waals surface area contributed by atoms with Gasteiger partial charge in [0.2, 0.25) is 5.95 Å². The van der Waals surface area contributed by atoms with Crippen LogP contribution in [0.15, 0.2) is 71.8 Å². The summed E-state index contributed by atoms with van der Waals surface area (Å²) in [6.07, 6.45) is 0.359. The van der Waals surface area contributed by atoms with Crippen molar-refractivity contribution in [3.05, 3.63) is 89.2 Å². The third-order valence-electron chi connectivity index (χ3n) is 4.49. The van der Waals surface area contributed by atoms with Crippen LogP contribution in [0, 0.1) is 13.8 Å². The van der Waals surface area contributed by atoms with Gasteiger partial charge >= 0.3 is 0 Å². The van der Waals surface area contributed by atoms with Crippen molar-refractivity contribution in [3.8, 4) is 0 Å². The van der Waals surface area contributed by atoms with E-state index in [0.717, 1.165) is 28.2 Å². The SMILES string of the molecule is Cc1cc(C)nc(N2N=C(c3ccccc3)CC2(O)c2ccccc2)n1. The third-order valence-corrected chi connectivity index (χ3v) is 4.49. The molecule has 0 bridgehead atoms. The Bertz CT molecular complexity index is 936. The molecule has 0 spiro atoms. The first-order valence-corrected chi connectivity index (χ1v) is 8.59. The minimum atomic E-state index is -1.33. The van der Waals surface area contributed by atoms with E-state index >= 15 is 0 Å². The standard InChI is InChI=1S/C21H20N4O/c1-15-13-16(2)23-20(22-15)25-21(26,18-11-7-4-8-12-18)14-19(24-25)17-9-5-3-6-10-17/h3-13,26H,14H2,1-2H3. The van der Waals surface area contributed by atoms with Crippen molar-refractivity contribution in [3.63, 3.8) is 0 Å². The van der Waals surface area contributed by atoms with Crippen LogP contribution in [0.5, 0.6) is 0 Å². The topological polar surface area (TPSA) is 61.6 Å². The lowest BCUT2D eigenvalue weighted by Gasteiger charge is -2.31. The van der Waals surface area contributed by atoms with Gasteiger partial charge in [-0.1, -0.05) is 60.7 Å². The number of aliphatic hydroxyl groups is 1. The molecule has 1 unspecified atom stereocenters. The summed E-state index contributed by atoms with van der Waals surface area (Å²) in [6, 6.07) is 21.4. The van der Waals surface area contributed by atoms with E-state index in [2.05, 4.69) is 9.97 Å². The molecule has 1 atom stereocenters. The maximum Gasteiger partial charge on any atom is 0.249 e. The number of anilines is 1. The molecule has 1 aliphatic heterocycles. The molecule has 1 N–H and O–H groups in total. The molecule has 0 radical (unpaired) electrons. The largest absolute Gasteiger partial charge is 0.365 e. The number of hydrazone groups is 1. The van der Waals surface area contributed by atoms with Crippen molar-refractivity contribution in [2.75, 3.05) is 5.01 Å². The van der Waals surface area contributed by atoms with E-state index in [9.17, 15) is 5.11 Å². The highest BCUT2D eigenvalue weighted by Crippen LogP contribution is 2.38. The highest BCUT2D eigenvalue weighted by Gasteiger charge is 2.45. The Balaban J connectivity index is 1.86. The van der Waals surface area contributed by atoms with Crippen molar-refractivity contribution in [2.45, 2.75) is 26.0 Å².